The summed E-state index contributed by atoms with van der Waals surface area (Å²) >= 11 is 0. The summed E-state index contributed by atoms with van der Waals surface area (Å²) in [6, 6.07) is 7.42. The zero-order valence-corrected chi connectivity index (χ0v) is 16.8. The van der Waals surface area contributed by atoms with Crippen LogP contribution in [0.15, 0.2) is 24.3 Å². The normalized spacial score (nSPS) is 25.5. The molecule has 2 aliphatic heterocycles. The SMILES string of the molecule is COc1cc([C@H]2c3cc4c(cc3[C@@H]3OC(=O)[C@H]2[C@H]3CO)OCO4)cc(OC)c1OC. The van der Waals surface area contributed by atoms with Gasteiger partial charge in [0.05, 0.1) is 33.9 Å². The van der Waals surface area contributed by atoms with Gasteiger partial charge >= 0.3 is 5.97 Å². The molecule has 0 spiro atoms. The van der Waals surface area contributed by atoms with Gasteiger partial charge in [0.2, 0.25) is 12.5 Å². The maximum Gasteiger partial charge on any atom is 0.311 e. The van der Waals surface area contributed by atoms with Crippen LogP contribution < -0.4 is 23.7 Å². The summed E-state index contributed by atoms with van der Waals surface area (Å²) < 4.78 is 33.3. The average Bonchev–Trinajstić information content (AvgIpc) is 3.33. The first-order valence-electron chi connectivity index (χ1n) is 9.66. The Hall–Kier alpha value is -3.13. The van der Waals surface area contributed by atoms with Crippen molar-refractivity contribution in [2.45, 2.75) is 12.0 Å². The number of rotatable bonds is 5. The molecule has 3 aliphatic rings. The second-order valence-corrected chi connectivity index (χ2v) is 7.50. The lowest BCUT2D eigenvalue weighted by atomic mass is 9.67. The number of carbonyl (C=O) groups is 1. The minimum atomic E-state index is -0.546. The molecule has 1 N–H and O–H groups in total. The molecule has 5 rings (SSSR count). The topological polar surface area (TPSA) is 92.7 Å². The van der Waals surface area contributed by atoms with E-state index in [0.29, 0.717) is 28.7 Å². The van der Waals surface area contributed by atoms with Crippen LogP contribution in [-0.2, 0) is 9.53 Å². The monoisotopic (exact) mass is 414 g/mol. The van der Waals surface area contributed by atoms with Gasteiger partial charge < -0.3 is 33.5 Å². The van der Waals surface area contributed by atoms with Gasteiger partial charge in [-0.1, -0.05) is 0 Å². The van der Waals surface area contributed by atoms with Crippen LogP contribution in [0.4, 0.5) is 0 Å². The largest absolute Gasteiger partial charge is 0.493 e. The summed E-state index contributed by atoms with van der Waals surface area (Å²) in [7, 11) is 4.63. The van der Waals surface area contributed by atoms with Gasteiger partial charge in [0.1, 0.15) is 6.10 Å². The fraction of sp³-hybridized carbons (Fsp3) is 0.409. The number of methoxy groups -OCH3 is 3. The van der Waals surface area contributed by atoms with E-state index in [9.17, 15) is 9.90 Å². The van der Waals surface area contributed by atoms with Crippen LogP contribution in [0.2, 0.25) is 0 Å². The summed E-state index contributed by atoms with van der Waals surface area (Å²) in [4.78, 5) is 12.9. The van der Waals surface area contributed by atoms with Gasteiger partial charge in [0.15, 0.2) is 23.0 Å². The van der Waals surface area contributed by atoms with E-state index < -0.39 is 12.0 Å². The van der Waals surface area contributed by atoms with Gasteiger partial charge in [-0.3, -0.25) is 4.79 Å². The van der Waals surface area contributed by atoms with E-state index in [1.807, 2.05) is 24.3 Å². The molecule has 2 aromatic carbocycles. The molecule has 1 aliphatic carbocycles. The van der Waals surface area contributed by atoms with Crippen molar-refractivity contribution in [2.24, 2.45) is 11.8 Å². The molecular formula is C22H22O8. The Labute approximate surface area is 173 Å². The third-order valence-corrected chi connectivity index (χ3v) is 6.20. The van der Waals surface area contributed by atoms with Crippen molar-refractivity contribution in [3.63, 3.8) is 0 Å². The molecule has 8 heteroatoms. The highest BCUT2D eigenvalue weighted by molar-refractivity contribution is 5.80. The zero-order valence-electron chi connectivity index (χ0n) is 16.8. The maximum atomic E-state index is 12.9. The highest BCUT2D eigenvalue weighted by atomic mass is 16.7. The van der Waals surface area contributed by atoms with Crippen molar-refractivity contribution < 1.29 is 38.3 Å². The van der Waals surface area contributed by atoms with Crippen LogP contribution in [-0.4, -0.2) is 45.8 Å². The Morgan fingerprint density at radius 1 is 0.967 bits per heavy atom. The molecule has 1 saturated heterocycles. The lowest BCUT2D eigenvalue weighted by Crippen LogP contribution is -2.32. The minimum absolute atomic E-state index is 0.143. The Kier molecular flexibility index (Phi) is 4.39. The van der Waals surface area contributed by atoms with Gasteiger partial charge in [0.25, 0.3) is 0 Å². The molecule has 2 heterocycles. The summed E-state index contributed by atoms with van der Waals surface area (Å²) in [5.74, 6) is 1.05. The number of fused-ring (bicyclic) bond motifs is 5. The van der Waals surface area contributed by atoms with Crippen LogP contribution >= 0.6 is 0 Å². The molecule has 2 aromatic rings. The van der Waals surface area contributed by atoms with Gasteiger partial charge in [-0.25, -0.2) is 0 Å². The van der Waals surface area contributed by atoms with Crippen LogP contribution in [0.5, 0.6) is 28.7 Å². The Balaban J connectivity index is 1.75. The lowest BCUT2D eigenvalue weighted by molar-refractivity contribution is -0.144. The van der Waals surface area contributed by atoms with Gasteiger partial charge in [0, 0.05) is 17.4 Å². The summed E-state index contributed by atoms with van der Waals surface area (Å²) in [6.07, 6.45) is -0.518. The zero-order chi connectivity index (χ0) is 21.0. The second-order valence-electron chi connectivity index (χ2n) is 7.50. The number of esters is 1. The van der Waals surface area contributed by atoms with Crippen molar-refractivity contribution in [2.75, 3.05) is 34.7 Å². The number of aliphatic hydroxyl groups excluding tert-OH is 1. The fourth-order valence-electron chi connectivity index (χ4n) is 4.89. The quantitative estimate of drug-likeness (QED) is 0.746. The summed E-state index contributed by atoms with van der Waals surface area (Å²) in [5.41, 5.74) is 2.52. The van der Waals surface area contributed by atoms with Gasteiger partial charge in [-0.05, 0) is 35.4 Å². The van der Waals surface area contributed by atoms with Gasteiger partial charge in [-0.15, -0.1) is 0 Å². The van der Waals surface area contributed by atoms with Crippen molar-refractivity contribution in [3.05, 3.63) is 41.0 Å². The standard InChI is InChI=1S/C22H22O8/c1-25-16-4-10(5-17(26-2)21(16)27-3)18-11-6-14-15(29-9-28-14)7-12(11)20-13(8-23)19(18)22(24)30-20/h4-7,13,18-20,23H,8-9H2,1-3H3/t13-,18+,19+,20+/m1/s1. The summed E-state index contributed by atoms with van der Waals surface area (Å²) in [5, 5.41) is 10.1. The predicted octanol–water partition coefficient (Wildman–Crippen LogP) is 2.41. The molecule has 0 unspecified atom stereocenters. The molecule has 1 fully saturated rings. The van der Waals surface area contributed by atoms with Crippen molar-refractivity contribution in [1.82, 2.24) is 0 Å². The summed E-state index contributed by atoms with van der Waals surface area (Å²) in [6.45, 7) is -0.0275. The van der Waals surface area contributed by atoms with E-state index in [4.69, 9.17) is 28.4 Å². The molecule has 0 radical (unpaired) electrons. The molecule has 30 heavy (non-hydrogen) atoms. The van der Waals surface area contributed by atoms with Crippen molar-refractivity contribution in [1.29, 1.82) is 0 Å². The number of benzene rings is 2. The Morgan fingerprint density at radius 2 is 1.60 bits per heavy atom. The number of ether oxygens (including phenoxy) is 6. The molecule has 0 aromatic heterocycles. The number of hydrogen-bond donors (Lipinski definition) is 1. The predicted molar refractivity (Wildman–Crippen MR) is 103 cm³/mol. The van der Waals surface area contributed by atoms with Crippen molar-refractivity contribution in [3.8, 4) is 28.7 Å². The molecule has 0 saturated carbocycles. The highest BCUT2D eigenvalue weighted by Gasteiger charge is 2.55. The second kappa shape index (κ2) is 6.98. The average molecular weight is 414 g/mol. The van der Waals surface area contributed by atoms with E-state index in [2.05, 4.69) is 0 Å². The van der Waals surface area contributed by atoms with Crippen LogP contribution in [0.25, 0.3) is 0 Å². The number of carbonyl (C=O) groups excluding carboxylic acids is 1. The van der Waals surface area contributed by atoms with E-state index in [1.54, 1.807) is 14.2 Å². The molecular weight excluding hydrogens is 392 g/mol. The van der Waals surface area contributed by atoms with E-state index in [-0.39, 0.29) is 31.2 Å². The van der Waals surface area contributed by atoms with E-state index >= 15 is 0 Å². The van der Waals surface area contributed by atoms with Gasteiger partial charge in [-0.2, -0.15) is 0 Å². The number of hydrogen-bond acceptors (Lipinski definition) is 8. The van der Waals surface area contributed by atoms with Crippen molar-refractivity contribution >= 4 is 5.97 Å². The van der Waals surface area contributed by atoms with E-state index in [1.165, 1.54) is 7.11 Å². The van der Waals surface area contributed by atoms with E-state index in [0.717, 1.165) is 16.7 Å². The van der Waals surface area contributed by atoms with Crippen LogP contribution in [0, 0.1) is 11.8 Å². The first kappa shape index (κ1) is 18.9. The number of aliphatic hydroxyl groups is 1. The smallest absolute Gasteiger partial charge is 0.311 e. The highest BCUT2D eigenvalue weighted by Crippen LogP contribution is 2.58. The van der Waals surface area contributed by atoms with Crippen LogP contribution in [0.1, 0.15) is 28.7 Å². The minimum Gasteiger partial charge on any atom is -0.493 e. The molecule has 8 nitrogen and oxygen atoms in total. The first-order chi connectivity index (χ1) is 14.6. The maximum absolute atomic E-state index is 12.9. The Morgan fingerprint density at radius 3 is 2.17 bits per heavy atom. The third-order valence-electron chi connectivity index (χ3n) is 6.20. The fourth-order valence-corrected chi connectivity index (χ4v) is 4.89. The third kappa shape index (κ3) is 2.53. The molecule has 4 atom stereocenters. The Bertz CT molecular complexity index is 991. The molecule has 2 bridgehead atoms. The van der Waals surface area contributed by atoms with Crippen LogP contribution in [0.3, 0.4) is 0 Å². The first-order valence-corrected chi connectivity index (χ1v) is 9.66. The molecule has 158 valence electrons. The molecule has 0 amide bonds. The lowest BCUT2D eigenvalue weighted by Gasteiger charge is -2.34.